The fourth-order valence-corrected chi connectivity index (χ4v) is 4.28. The van der Waals surface area contributed by atoms with Gasteiger partial charge in [-0.05, 0) is 32.4 Å². The van der Waals surface area contributed by atoms with Crippen LogP contribution in [-0.4, -0.2) is 33.6 Å². The molecule has 0 spiro atoms. The topological polar surface area (TPSA) is 40.6 Å². The van der Waals surface area contributed by atoms with Crippen LogP contribution in [0.25, 0.3) is 0 Å². The lowest BCUT2D eigenvalue weighted by Gasteiger charge is -2.28. The van der Waals surface area contributed by atoms with E-state index in [2.05, 4.69) is 4.98 Å². The summed E-state index contributed by atoms with van der Waals surface area (Å²) in [6.45, 7) is 7.69. The molecule has 0 aliphatic rings. The van der Waals surface area contributed by atoms with Crippen LogP contribution in [0.1, 0.15) is 26.3 Å². The van der Waals surface area contributed by atoms with Gasteiger partial charge in [0.15, 0.2) is 0 Å². The van der Waals surface area contributed by atoms with Crippen LogP contribution >= 0.6 is 0 Å². The molecule has 0 amide bonds. The van der Waals surface area contributed by atoms with Gasteiger partial charge in [0.25, 0.3) is 0 Å². The maximum Gasteiger partial charge on any atom is 0.505 e. The van der Waals surface area contributed by atoms with E-state index in [-0.39, 0.29) is 0 Å². The van der Waals surface area contributed by atoms with E-state index >= 15 is 0 Å². The first kappa shape index (κ1) is 14.3. The molecule has 0 aromatic carbocycles. The van der Waals surface area contributed by atoms with Crippen LogP contribution < -0.4 is 0 Å². The highest BCUT2D eigenvalue weighted by molar-refractivity contribution is 6.60. The van der Waals surface area contributed by atoms with Crippen LogP contribution in [0.5, 0.6) is 0 Å². The molecule has 96 valence electrons. The number of hydrogen-bond donors (Lipinski definition) is 0. The number of rotatable bonds is 8. The molecule has 0 radical (unpaired) electrons. The summed E-state index contributed by atoms with van der Waals surface area (Å²) in [5.41, 5.74) is 1.09. The first-order valence-corrected chi connectivity index (χ1v) is 8.00. The maximum absolute atomic E-state index is 5.78. The largest absolute Gasteiger partial charge is 0.505 e. The second kappa shape index (κ2) is 7.55. The Bertz CT molecular complexity index is 291. The fourth-order valence-electron chi connectivity index (χ4n) is 1.69. The minimum atomic E-state index is -2.58. The van der Waals surface area contributed by atoms with Gasteiger partial charge in [0.05, 0.1) is 0 Å². The zero-order valence-corrected chi connectivity index (χ0v) is 11.8. The molecule has 4 nitrogen and oxygen atoms in total. The van der Waals surface area contributed by atoms with Crippen LogP contribution in [-0.2, 0) is 19.3 Å². The Morgan fingerprint density at radius 3 is 2.06 bits per heavy atom. The SMILES string of the molecule is CCO[Si](Cc1cccnc1)(OCC)OCC. The van der Waals surface area contributed by atoms with E-state index in [4.69, 9.17) is 13.3 Å². The summed E-state index contributed by atoms with van der Waals surface area (Å²) in [5.74, 6) is 0. The zero-order chi connectivity index (χ0) is 12.6. The van der Waals surface area contributed by atoms with Crippen LogP contribution in [0, 0.1) is 0 Å². The molecule has 1 rings (SSSR count). The third kappa shape index (κ3) is 4.55. The van der Waals surface area contributed by atoms with Crippen LogP contribution in [0.15, 0.2) is 24.5 Å². The summed E-state index contributed by atoms with van der Waals surface area (Å²) in [6.07, 6.45) is 3.59. The van der Waals surface area contributed by atoms with Crippen molar-refractivity contribution in [2.45, 2.75) is 26.8 Å². The lowest BCUT2D eigenvalue weighted by molar-refractivity contribution is 0.0704. The molecule has 0 fully saturated rings. The van der Waals surface area contributed by atoms with Crippen molar-refractivity contribution in [3.8, 4) is 0 Å². The van der Waals surface area contributed by atoms with Crippen molar-refractivity contribution in [3.05, 3.63) is 30.1 Å². The average molecular weight is 255 g/mol. The van der Waals surface area contributed by atoms with E-state index in [0.717, 1.165) is 5.56 Å². The van der Waals surface area contributed by atoms with E-state index < -0.39 is 8.80 Å². The molecular weight excluding hydrogens is 234 g/mol. The molecule has 0 unspecified atom stereocenters. The van der Waals surface area contributed by atoms with E-state index in [0.29, 0.717) is 25.9 Å². The lowest BCUT2D eigenvalue weighted by Crippen LogP contribution is -2.48. The van der Waals surface area contributed by atoms with Gasteiger partial charge in [-0.3, -0.25) is 4.98 Å². The van der Waals surface area contributed by atoms with Gasteiger partial charge in [-0.1, -0.05) is 6.07 Å². The highest BCUT2D eigenvalue weighted by atomic mass is 28.4. The van der Waals surface area contributed by atoms with E-state index in [1.807, 2.05) is 39.1 Å². The molecular formula is C12H21NO3Si. The van der Waals surface area contributed by atoms with Crippen LogP contribution in [0.4, 0.5) is 0 Å². The Labute approximate surface area is 104 Å². The molecule has 5 heteroatoms. The Morgan fingerprint density at radius 2 is 1.65 bits per heavy atom. The minimum absolute atomic E-state index is 0.604. The van der Waals surface area contributed by atoms with Gasteiger partial charge in [-0.25, -0.2) is 0 Å². The second-order valence-electron chi connectivity index (χ2n) is 3.52. The Balaban J connectivity index is 2.80. The molecule has 0 saturated carbocycles. The highest BCUT2D eigenvalue weighted by Crippen LogP contribution is 2.16. The molecule has 0 aliphatic heterocycles. The van der Waals surface area contributed by atoms with Crippen LogP contribution in [0.2, 0.25) is 0 Å². The third-order valence-corrected chi connectivity index (χ3v) is 5.26. The molecule has 0 atom stereocenters. The first-order valence-electron chi connectivity index (χ1n) is 6.07. The molecule has 0 saturated heterocycles. The first-order chi connectivity index (χ1) is 8.26. The van der Waals surface area contributed by atoms with Crippen molar-refractivity contribution < 1.29 is 13.3 Å². The van der Waals surface area contributed by atoms with Gasteiger partial charge < -0.3 is 13.3 Å². The predicted molar refractivity (Wildman–Crippen MR) is 68.6 cm³/mol. The van der Waals surface area contributed by atoms with Crippen LogP contribution in [0.3, 0.4) is 0 Å². The molecule has 17 heavy (non-hydrogen) atoms. The Morgan fingerprint density at radius 1 is 1.06 bits per heavy atom. The quantitative estimate of drug-likeness (QED) is 0.668. The van der Waals surface area contributed by atoms with Crippen molar-refractivity contribution in [1.29, 1.82) is 0 Å². The maximum atomic E-state index is 5.78. The standard InChI is InChI=1S/C12H21NO3Si/c1-4-14-17(15-5-2,16-6-3)11-12-8-7-9-13-10-12/h7-10H,4-6,11H2,1-3H3. The van der Waals surface area contributed by atoms with Crippen molar-refractivity contribution in [2.75, 3.05) is 19.8 Å². The smallest absolute Gasteiger partial charge is 0.374 e. The number of nitrogens with zero attached hydrogens (tertiary/aromatic N) is 1. The Hall–Kier alpha value is -0.753. The fraction of sp³-hybridized carbons (Fsp3) is 0.583. The zero-order valence-electron chi connectivity index (χ0n) is 10.8. The van der Waals surface area contributed by atoms with Gasteiger partial charge in [-0.2, -0.15) is 0 Å². The second-order valence-corrected chi connectivity index (χ2v) is 6.11. The average Bonchev–Trinajstić information content (AvgIpc) is 2.31. The summed E-state index contributed by atoms with van der Waals surface area (Å²) >= 11 is 0. The summed E-state index contributed by atoms with van der Waals surface area (Å²) in [7, 11) is -2.58. The monoisotopic (exact) mass is 255 g/mol. The van der Waals surface area contributed by atoms with E-state index in [1.165, 1.54) is 0 Å². The number of aromatic nitrogens is 1. The number of hydrogen-bond acceptors (Lipinski definition) is 4. The summed E-state index contributed by atoms with van der Waals surface area (Å²) in [5, 5.41) is 0. The van der Waals surface area contributed by atoms with Gasteiger partial charge in [0.2, 0.25) is 0 Å². The van der Waals surface area contributed by atoms with Gasteiger partial charge in [0, 0.05) is 38.3 Å². The summed E-state index contributed by atoms with van der Waals surface area (Å²) in [4.78, 5) is 4.10. The van der Waals surface area contributed by atoms with E-state index in [9.17, 15) is 0 Å². The number of pyridine rings is 1. The van der Waals surface area contributed by atoms with Crippen molar-refractivity contribution >= 4 is 8.80 Å². The summed E-state index contributed by atoms with van der Waals surface area (Å²) < 4.78 is 17.3. The molecule has 1 heterocycles. The normalized spacial score (nSPS) is 11.7. The molecule has 1 aromatic heterocycles. The summed E-state index contributed by atoms with van der Waals surface area (Å²) in [6, 6.07) is 4.61. The highest BCUT2D eigenvalue weighted by Gasteiger charge is 2.40. The third-order valence-electron chi connectivity index (χ3n) is 2.24. The minimum Gasteiger partial charge on any atom is -0.374 e. The molecule has 1 aromatic rings. The van der Waals surface area contributed by atoms with Crippen molar-refractivity contribution in [1.82, 2.24) is 4.98 Å². The van der Waals surface area contributed by atoms with E-state index in [1.54, 1.807) is 6.20 Å². The van der Waals surface area contributed by atoms with Crippen molar-refractivity contribution in [2.24, 2.45) is 0 Å². The van der Waals surface area contributed by atoms with Gasteiger partial charge in [0.1, 0.15) is 0 Å². The van der Waals surface area contributed by atoms with Gasteiger partial charge >= 0.3 is 8.80 Å². The molecule has 0 bridgehead atoms. The Kier molecular flexibility index (Phi) is 6.35. The van der Waals surface area contributed by atoms with Crippen molar-refractivity contribution in [3.63, 3.8) is 0 Å². The molecule has 0 N–H and O–H groups in total. The van der Waals surface area contributed by atoms with Gasteiger partial charge in [-0.15, -0.1) is 0 Å². The predicted octanol–water partition coefficient (Wildman–Crippen LogP) is 2.21. The lowest BCUT2D eigenvalue weighted by atomic mass is 10.3. The molecule has 0 aliphatic carbocycles.